The molecule has 2 atom stereocenters. The molecular weight excluding hydrogens is 208 g/mol. The van der Waals surface area contributed by atoms with Crippen molar-refractivity contribution in [2.75, 3.05) is 0 Å². The molecule has 2 unspecified atom stereocenters. The standard InChI is InChI=1S/C11H20N2O3/c1-2-8(5-11(15)16)13-10(14)6-9(12)7-3-4-7/h7-9H,2-6,12H2,1H3,(H,13,14)(H,15,16). The van der Waals surface area contributed by atoms with Crippen LogP contribution in [0, 0.1) is 5.92 Å². The summed E-state index contributed by atoms with van der Waals surface area (Å²) in [5.74, 6) is -0.531. The van der Waals surface area contributed by atoms with Gasteiger partial charge in [-0.25, -0.2) is 0 Å². The molecule has 92 valence electrons. The van der Waals surface area contributed by atoms with Crippen molar-refractivity contribution in [3.05, 3.63) is 0 Å². The molecule has 4 N–H and O–H groups in total. The van der Waals surface area contributed by atoms with Gasteiger partial charge in [0.25, 0.3) is 0 Å². The number of amides is 1. The van der Waals surface area contributed by atoms with Crippen LogP contribution in [-0.2, 0) is 9.59 Å². The Kier molecular flexibility index (Phi) is 4.73. The Labute approximate surface area is 95.4 Å². The maximum absolute atomic E-state index is 11.6. The first-order valence-electron chi connectivity index (χ1n) is 5.79. The van der Waals surface area contributed by atoms with E-state index in [1.807, 2.05) is 6.92 Å². The summed E-state index contributed by atoms with van der Waals surface area (Å²) in [6, 6.07) is -0.348. The van der Waals surface area contributed by atoms with Gasteiger partial charge < -0.3 is 16.2 Å². The molecule has 16 heavy (non-hydrogen) atoms. The Morgan fingerprint density at radius 2 is 2.06 bits per heavy atom. The molecule has 1 aliphatic rings. The number of hydrogen-bond donors (Lipinski definition) is 3. The zero-order valence-corrected chi connectivity index (χ0v) is 9.61. The van der Waals surface area contributed by atoms with E-state index in [-0.39, 0.29) is 24.4 Å². The molecule has 1 rings (SSSR count). The second-order valence-corrected chi connectivity index (χ2v) is 4.48. The van der Waals surface area contributed by atoms with Crippen molar-refractivity contribution in [3.63, 3.8) is 0 Å². The van der Waals surface area contributed by atoms with E-state index in [4.69, 9.17) is 10.8 Å². The molecule has 5 nitrogen and oxygen atoms in total. The van der Waals surface area contributed by atoms with Crippen LogP contribution in [0.5, 0.6) is 0 Å². The molecule has 0 aromatic carbocycles. The van der Waals surface area contributed by atoms with E-state index >= 15 is 0 Å². The lowest BCUT2D eigenvalue weighted by Crippen LogP contribution is -2.39. The van der Waals surface area contributed by atoms with Gasteiger partial charge in [0.15, 0.2) is 0 Å². The predicted molar refractivity (Wildman–Crippen MR) is 59.8 cm³/mol. The molecule has 1 amide bonds. The SMILES string of the molecule is CCC(CC(=O)O)NC(=O)CC(N)C1CC1. The zero-order chi connectivity index (χ0) is 12.1. The van der Waals surface area contributed by atoms with Crippen LogP contribution in [-0.4, -0.2) is 29.1 Å². The van der Waals surface area contributed by atoms with Crippen LogP contribution >= 0.6 is 0 Å². The van der Waals surface area contributed by atoms with Crippen molar-refractivity contribution < 1.29 is 14.7 Å². The van der Waals surface area contributed by atoms with E-state index in [0.29, 0.717) is 18.8 Å². The first-order valence-corrected chi connectivity index (χ1v) is 5.79. The topological polar surface area (TPSA) is 92.4 Å². The average molecular weight is 228 g/mol. The molecule has 0 radical (unpaired) electrons. The predicted octanol–water partition coefficient (Wildman–Crippen LogP) is 0.483. The van der Waals surface area contributed by atoms with Crippen molar-refractivity contribution in [3.8, 4) is 0 Å². The minimum Gasteiger partial charge on any atom is -0.481 e. The highest BCUT2D eigenvalue weighted by molar-refractivity contribution is 5.78. The van der Waals surface area contributed by atoms with Crippen LogP contribution in [0.15, 0.2) is 0 Å². The van der Waals surface area contributed by atoms with E-state index in [2.05, 4.69) is 5.32 Å². The molecule has 0 saturated heterocycles. The summed E-state index contributed by atoms with van der Waals surface area (Å²) in [5, 5.41) is 11.3. The van der Waals surface area contributed by atoms with Gasteiger partial charge in [0, 0.05) is 18.5 Å². The third-order valence-electron chi connectivity index (χ3n) is 2.93. The first kappa shape index (κ1) is 13.0. The molecule has 0 spiro atoms. The maximum atomic E-state index is 11.6. The Morgan fingerprint density at radius 1 is 1.44 bits per heavy atom. The van der Waals surface area contributed by atoms with Gasteiger partial charge in [0.05, 0.1) is 6.42 Å². The number of aliphatic carboxylic acids is 1. The molecule has 0 heterocycles. The minimum absolute atomic E-state index is 0.0269. The average Bonchev–Trinajstić information content (AvgIpc) is 2.98. The lowest BCUT2D eigenvalue weighted by Gasteiger charge is -2.16. The third kappa shape index (κ3) is 4.61. The maximum Gasteiger partial charge on any atom is 0.305 e. The quantitative estimate of drug-likeness (QED) is 0.591. The molecule has 5 heteroatoms. The number of hydrogen-bond acceptors (Lipinski definition) is 3. The largest absolute Gasteiger partial charge is 0.481 e. The fourth-order valence-electron chi connectivity index (χ4n) is 1.70. The number of carbonyl (C=O) groups excluding carboxylic acids is 1. The second kappa shape index (κ2) is 5.84. The molecule has 1 saturated carbocycles. The third-order valence-corrected chi connectivity index (χ3v) is 2.93. The van der Waals surface area contributed by atoms with Crippen molar-refractivity contribution in [2.45, 2.75) is 51.1 Å². The molecule has 0 aromatic heterocycles. The lowest BCUT2D eigenvalue weighted by molar-refractivity contribution is -0.137. The number of rotatable bonds is 7. The normalized spacial score (nSPS) is 18.9. The Bertz CT molecular complexity index is 264. The number of carboxylic acids is 1. The molecule has 0 aromatic rings. The van der Waals surface area contributed by atoms with Gasteiger partial charge in [-0.05, 0) is 25.2 Å². The number of nitrogens with two attached hydrogens (primary N) is 1. The smallest absolute Gasteiger partial charge is 0.305 e. The van der Waals surface area contributed by atoms with Gasteiger partial charge in [-0.3, -0.25) is 9.59 Å². The van der Waals surface area contributed by atoms with Crippen molar-refractivity contribution in [1.82, 2.24) is 5.32 Å². The van der Waals surface area contributed by atoms with E-state index < -0.39 is 5.97 Å². The monoisotopic (exact) mass is 228 g/mol. The van der Waals surface area contributed by atoms with Crippen LogP contribution in [0.4, 0.5) is 0 Å². The Morgan fingerprint density at radius 3 is 2.50 bits per heavy atom. The van der Waals surface area contributed by atoms with Crippen molar-refractivity contribution in [2.24, 2.45) is 11.7 Å². The molecule has 1 fully saturated rings. The van der Waals surface area contributed by atoms with E-state index in [1.54, 1.807) is 0 Å². The van der Waals surface area contributed by atoms with Gasteiger partial charge in [-0.2, -0.15) is 0 Å². The highest BCUT2D eigenvalue weighted by Gasteiger charge is 2.30. The molecule has 0 bridgehead atoms. The summed E-state index contributed by atoms with van der Waals surface area (Å²) in [7, 11) is 0. The summed E-state index contributed by atoms with van der Waals surface area (Å²) >= 11 is 0. The van der Waals surface area contributed by atoms with E-state index in [1.165, 1.54) is 0 Å². The van der Waals surface area contributed by atoms with Crippen LogP contribution in [0.25, 0.3) is 0 Å². The van der Waals surface area contributed by atoms with Gasteiger partial charge >= 0.3 is 5.97 Å². The molecular formula is C11H20N2O3. The van der Waals surface area contributed by atoms with Crippen LogP contribution in [0.2, 0.25) is 0 Å². The van der Waals surface area contributed by atoms with Crippen LogP contribution in [0.1, 0.15) is 39.0 Å². The zero-order valence-electron chi connectivity index (χ0n) is 9.61. The summed E-state index contributed by atoms with van der Waals surface area (Å²) in [5.41, 5.74) is 5.82. The summed E-state index contributed by atoms with van der Waals surface area (Å²) < 4.78 is 0. The summed E-state index contributed by atoms with van der Waals surface area (Å²) in [4.78, 5) is 22.1. The van der Waals surface area contributed by atoms with Crippen molar-refractivity contribution in [1.29, 1.82) is 0 Å². The Balaban J connectivity index is 2.27. The number of carboxylic acid groups (broad SMARTS) is 1. The van der Waals surface area contributed by atoms with E-state index in [0.717, 1.165) is 12.8 Å². The van der Waals surface area contributed by atoms with Gasteiger partial charge in [0.2, 0.25) is 5.91 Å². The second-order valence-electron chi connectivity index (χ2n) is 4.48. The van der Waals surface area contributed by atoms with E-state index in [9.17, 15) is 9.59 Å². The van der Waals surface area contributed by atoms with Crippen molar-refractivity contribution >= 4 is 11.9 Å². The van der Waals surface area contributed by atoms with Gasteiger partial charge in [-0.15, -0.1) is 0 Å². The summed E-state index contributed by atoms with van der Waals surface area (Å²) in [6.45, 7) is 1.86. The van der Waals surface area contributed by atoms with Gasteiger partial charge in [-0.1, -0.05) is 6.92 Å². The fourth-order valence-corrected chi connectivity index (χ4v) is 1.70. The van der Waals surface area contributed by atoms with Crippen LogP contribution < -0.4 is 11.1 Å². The van der Waals surface area contributed by atoms with Crippen LogP contribution in [0.3, 0.4) is 0 Å². The number of carbonyl (C=O) groups is 2. The fraction of sp³-hybridized carbons (Fsp3) is 0.818. The minimum atomic E-state index is -0.890. The highest BCUT2D eigenvalue weighted by Crippen LogP contribution is 2.32. The number of nitrogens with one attached hydrogen (secondary N) is 1. The highest BCUT2D eigenvalue weighted by atomic mass is 16.4. The first-order chi connectivity index (χ1) is 7.52. The molecule has 1 aliphatic carbocycles. The lowest BCUT2D eigenvalue weighted by atomic mass is 10.1. The Hall–Kier alpha value is -1.10. The van der Waals surface area contributed by atoms with Gasteiger partial charge in [0.1, 0.15) is 0 Å². The molecule has 0 aliphatic heterocycles. The summed E-state index contributed by atoms with van der Waals surface area (Å²) in [6.07, 6.45) is 3.12.